The highest BCUT2D eigenvalue weighted by Crippen LogP contribution is 1.98. The molecule has 0 aliphatic rings. The van der Waals surface area contributed by atoms with E-state index < -0.39 is 22.8 Å². The third-order valence-electron chi connectivity index (χ3n) is 1.29. The molecule has 0 bridgehead atoms. The Morgan fingerprint density at radius 3 is 2.58 bits per heavy atom. The summed E-state index contributed by atoms with van der Waals surface area (Å²) in [5.74, 6) is -0.736. The molecule has 0 rings (SSSR count). The van der Waals surface area contributed by atoms with E-state index in [1.54, 1.807) is 0 Å². The van der Waals surface area contributed by atoms with E-state index in [1.165, 1.54) is 7.11 Å². The Morgan fingerprint density at radius 2 is 2.17 bits per heavy atom. The first kappa shape index (κ1) is 11.4. The molecule has 0 aromatic rings. The highest BCUT2D eigenvalue weighted by Gasteiger charge is 2.14. The second-order valence-electron chi connectivity index (χ2n) is 2.24. The lowest BCUT2D eigenvalue weighted by atomic mass is 10.2. The minimum atomic E-state index is -2.42. The van der Waals surface area contributed by atoms with Gasteiger partial charge in [-0.2, -0.15) is 0 Å². The average molecular weight is 196 g/mol. The van der Waals surface area contributed by atoms with E-state index in [0.29, 0.717) is 0 Å². The summed E-state index contributed by atoms with van der Waals surface area (Å²) >= 11 is 0. The van der Waals surface area contributed by atoms with Crippen LogP contribution in [0.1, 0.15) is 12.8 Å². The first-order valence-electron chi connectivity index (χ1n) is 3.45. The number of aliphatic hydroxyl groups excluding tert-OH is 1. The van der Waals surface area contributed by atoms with Crippen molar-refractivity contribution in [3.05, 3.63) is 0 Å². The molecule has 0 saturated heterocycles. The Labute approximate surface area is 72.3 Å². The van der Waals surface area contributed by atoms with Gasteiger partial charge in [-0.3, -0.25) is 0 Å². The van der Waals surface area contributed by atoms with Gasteiger partial charge in [-0.05, 0) is 12.8 Å². The maximum absolute atomic E-state index is 10.6. The van der Waals surface area contributed by atoms with Gasteiger partial charge in [-0.25, -0.2) is 13.2 Å². The quantitative estimate of drug-likeness (QED) is 0.431. The van der Waals surface area contributed by atoms with Crippen LogP contribution in [-0.2, 0) is 20.2 Å². The summed E-state index contributed by atoms with van der Waals surface area (Å²) in [6, 6.07) is 0. The SMILES string of the molecule is COC(=O)[C@@H](O)CCC[SH](=O)=O. The molecule has 5 nitrogen and oxygen atoms in total. The second kappa shape index (κ2) is 5.96. The second-order valence-corrected chi connectivity index (χ2v) is 3.35. The van der Waals surface area contributed by atoms with Crippen LogP contribution < -0.4 is 0 Å². The van der Waals surface area contributed by atoms with Gasteiger partial charge in [0, 0.05) is 5.75 Å². The molecule has 0 amide bonds. The van der Waals surface area contributed by atoms with E-state index in [1.807, 2.05) is 0 Å². The fourth-order valence-corrected chi connectivity index (χ4v) is 1.11. The van der Waals surface area contributed by atoms with Gasteiger partial charge in [0.25, 0.3) is 0 Å². The molecule has 72 valence electrons. The molecule has 1 atom stereocenters. The van der Waals surface area contributed by atoms with Crippen molar-refractivity contribution in [2.24, 2.45) is 0 Å². The van der Waals surface area contributed by atoms with Crippen LogP contribution in [0.4, 0.5) is 0 Å². The number of rotatable bonds is 5. The van der Waals surface area contributed by atoms with Crippen LogP contribution in [0.25, 0.3) is 0 Å². The van der Waals surface area contributed by atoms with Crippen LogP contribution in [0.3, 0.4) is 0 Å². The molecule has 0 aliphatic heterocycles. The maximum atomic E-state index is 10.6. The van der Waals surface area contributed by atoms with Crippen molar-refractivity contribution in [2.75, 3.05) is 12.9 Å². The van der Waals surface area contributed by atoms with E-state index >= 15 is 0 Å². The molecule has 0 aromatic heterocycles. The zero-order valence-corrected chi connectivity index (χ0v) is 7.62. The molecule has 0 radical (unpaired) electrons. The number of ether oxygens (including phenoxy) is 1. The molecule has 6 heteroatoms. The van der Waals surface area contributed by atoms with Gasteiger partial charge in [0.2, 0.25) is 0 Å². The third kappa shape index (κ3) is 5.09. The zero-order chi connectivity index (χ0) is 9.56. The van der Waals surface area contributed by atoms with Crippen LogP contribution in [0.2, 0.25) is 0 Å². The smallest absolute Gasteiger partial charge is 0.334 e. The van der Waals surface area contributed by atoms with E-state index in [9.17, 15) is 13.2 Å². The van der Waals surface area contributed by atoms with E-state index in [2.05, 4.69) is 4.74 Å². The molecular formula is C6H12O5S. The Morgan fingerprint density at radius 1 is 1.58 bits per heavy atom. The highest BCUT2D eigenvalue weighted by molar-refractivity contribution is 7.72. The Balaban J connectivity index is 3.56. The summed E-state index contributed by atoms with van der Waals surface area (Å²) in [6.07, 6.45) is -0.810. The number of carbonyl (C=O) groups is 1. The molecular weight excluding hydrogens is 184 g/mol. The topological polar surface area (TPSA) is 80.7 Å². The number of hydrogen-bond donors (Lipinski definition) is 2. The Kier molecular flexibility index (Phi) is 5.65. The number of aliphatic hydroxyl groups is 1. The fraction of sp³-hybridized carbons (Fsp3) is 0.833. The number of hydrogen-bond acceptors (Lipinski definition) is 5. The van der Waals surface area contributed by atoms with Crippen LogP contribution >= 0.6 is 0 Å². The van der Waals surface area contributed by atoms with Crippen molar-refractivity contribution in [1.82, 2.24) is 0 Å². The lowest BCUT2D eigenvalue weighted by Crippen LogP contribution is -2.21. The number of methoxy groups -OCH3 is 1. The van der Waals surface area contributed by atoms with Crippen molar-refractivity contribution in [2.45, 2.75) is 18.9 Å². The summed E-state index contributed by atoms with van der Waals surface area (Å²) in [4.78, 5) is 10.6. The highest BCUT2D eigenvalue weighted by atomic mass is 32.2. The minimum absolute atomic E-state index is 0.0105. The van der Waals surface area contributed by atoms with Crippen LogP contribution in [-0.4, -0.2) is 38.5 Å². The molecule has 0 spiro atoms. The molecule has 0 aliphatic carbocycles. The summed E-state index contributed by atoms with van der Waals surface area (Å²) < 4.78 is 24.3. The third-order valence-corrected chi connectivity index (χ3v) is 1.97. The lowest BCUT2D eigenvalue weighted by Gasteiger charge is -2.05. The Bertz CT molecular complexity index is 202. The van der Waals surface area contributed by atoms with Crippen molar-refractivity contribution in [1.29, 1.82) is 0 Å². The van der Waals surface area contributed by atoms with Crippen molar-refractivity contribution < 1.29 is 23.1 Å². The van der Waals surface area contributed by atoms with Crippen molar-refractivity contribution >= 4 is 16.7 Å². The Hall–Kier alpha value is -0.620. The first-order chi connectivity index (χ1) is 5.57. The molecule has 0 unspecified atom stereocenters. The number of carbonyl (C=O) groups excluding carboxylic acids is 1. The van der Waals surface area contributed by atoms with Gasteiger partial charge in [0.15, 0.2) is 6.10 Å². The fourth-order valence-electron chi connectivity index (χ4n) is 0.668. The molecule has 0 aromatic carbocycles. The monoisotopic (exact) mass is 196 g/mol. The molecule has 0 heterocycles. The number of thiol groups is 1. The largest absolute Gasteiger partial charge is 0.467 e. The van der Waals surface area contributed by atoms with Gasteiger partial charge in [-0.15, -0.1) is 0 Å². The first-order valence-corrected chi connectivity index (χ1v) is 4.82. The van der Waals surface area contributed by atoms with Gasteiger partial charge in [0.05, 0.1) is 7.11 Å². The summed E-state index contributed by atoms with van der Waals surface area (Å²) in [6.45, 7) is 0. The number of esters is 1. The predicted octanol–water partition coefficient (Wildman–Crippen LogP) is -1.09. The molecule has 12 heavy (non-hydrogen) atoms. The van der Waals surface area contributed by atoms with Gasteiger partial charge in [-0.1, -0.05) is 0 Å². The summed E-state index contributed by atoms with van der Waals surface area (Å²) in [7, 11) is -1.25. The van der Waals surface area contributed by atoms with Gasteiger partial charge >= 0.3 is 5.97 Å². The van der Waals surface area contributed by atoms with Crippen molar-refractivity contribution in [3.8, 4) is 0 Å². The lowest BCUT2D eigenvalue weighted by molar-refractivity contribution is -0.150. The van der Waals surface area contributed by atoms with E-state index in [-0.39, 0.29) is 18.6 Å². The minimum Gasteiger partial charge on any atom is -0.467 e. The van der Waals surface area contributed by atoms with Gasteiger partial charge < -0.3 is 9.84 Å². The molecule has 0 saturated carbocycles. The average Bonchev–Trinajstić information content (AvgIpc) is 2.02. The summed E-state index contributed by atoms with van der Waals surface area (Å²) in [5.41, 5.74) is 0. The predicted molar refractivity (Wildman–Crippen MR) is 42.4 cm³/mol. The van der Waals surface area contributed by atoms with E-state index in [4.69, 9.17) is 5.11 Å². The van der Waals surface area contributed by atoms with Crippen LogP contribution in [0.5, 0.6) is 0 Å². The van der Waals surface area contributed by atoms with Gasteiger partial charge in [0.1, 0.15) is 10.7 Å². The van der Waals surface area contributed by atoms with Crippen molar-refractivity contribution in [3.63, 3.8) is 0 Å². The summed E-state index contributed by atoms with van der Waals surface area (Å²) in [5, 5.41) is 8.96. The molecule has 0 fully saturated rings. The molecule has 1 N–H and O–H groups in total. The zero-order valence-electron chi connectivity index (χ0n) is 6.73. The maximum Gasteiger partial charge on any atom is 0.334 e. The van der Waals surface area contributed by atoms with Crippen LogP contribution in [0.15, 0.2) is 0 Å². The van der Waals surface area contributed by atoms with Crippen LogP contribution in [0, 0.1) is 0 Å². The van der Waals surface area contributed by atoms with E-state index in [0.717, 1.165) is 0 Å². The normalized spacial score (nSPS) is 12.9. The standard InChI is InChI=1S/C6H12O5S/c1-11-6(8)5(7)3-2-4-12(9)10/h5,7,12H,2-4H2,1H3/t5-/m0/s1.